The van der Waals surface area contributed by atoms with Gasteiger partial charge in [0.15, 0.2) is 6.10 Å². The first-order chi connectivity index (χ1) is 34.5. The summed E-state index contributed by atoms with van der Waals surface area (Å²) in [6, 6.07) is 0. The van der Waals surface area contributed by atoms with Gasteiger partial charge in [-0.2, -0.15) is 0 Å². The monoisotopic (exact) mass is 975 g/mol. The highest BCUT2D eigenvalue weighted by Crippen LogP contribution is 2.16. The SMILES string of the molecule is CC/C=C\C/C=C\C/C=C\C/C=C\C/C=C\C/C=C\CCC(=O)OCC(COC(=O)CCCCCCCCCCCCCCCCC)OC(=O)CCCCCCCCC/C=C\CCCCCCCCC. The molecule has 0 aromatic rings. The Morgan fingerprint density at radius 3 is 0.957 bits per heavy atom. The van der Waals surface area contributed by atoms with Gasteiger partial charge in [-0.1, -0.05) is 266 Å². The minimum absolute atomic E-state index is 0.0991. The van der Waals surface area contributed by atoms with Crippen molar-refractivity contribution in [1.29, 1.82) is 0 Å². The number of ether oxygens (including phenoxy) is 3. The van der Waals surface area contributed by atoms with E-state index < -0.39 is 6.10 Å². The normalized spacial score (nSPS) is 12.7. The van der Waals surface area contributed by atoms with Crippen LogP contribution < -0.4 is 0 Å². The van der Waals surface area contributed by atoms with E-state index >= 15 is 0 Å². The van der Waals surface area contributed by atoms with Crippen LogP contribution in [0.15, 0.2) is 85.1 Å². The standard InChI is InChI=1S/C64H110O6/c1-4-7-10-13-16-19-22-25-28-30-32-34-36-39-42-45-48-51-54-57-63(66)69-60-61(59-68-62(65)56-53-50-47-44-41-38-35-27-24-21-18-15-12-9-6-3)70-64(67)58-55-52-49-46-43-40-37-33-31-29-26-23-20-17-14-11-8-5-2/h7,10,16,19,25,28-29,31-32,34,39,42,48,51,61H,4-6,8-9,11-15,17-18,20-24,26-27,30,33,35-38,40-41,43-47,49-50,52-60H2,1-3H3/b10-7-,19-16-,28-25-,31-29-,34-32-,42-39-,51-48-. The molecule has 0 radical (unpaired) electrons. The number of unbranched alkanes of at least 4 members (excludes halogenated alkanes) is 28. The Labute approximate surface area is 433 Å². The van der Waals surface area contributed by atoms with Crippen LogP contribution in [0, 0.1) is 0 Å². The highest BCUT2D eigenvalue weighted by Gasteiger charge is 2.19. The third kappa shape index (κ3) is 55.5. The molecular weight excluding hydrogens is 865 g/mol. The molecule has 0 aliphatic rings. The zero-order chi connectivity index (χ0) is 50.7. The molecule has 0 aromatic carbocycles. The molecule has 6 heteroatoms. The lowest BCUT2D eigenvalue weighted by Crippen LogP contribution is -2.30. The number of carbonyl (C=O) groups is 3. The van der Waals surface area contributed by atoms with E-state index in [4.69, 9.17) is 14.2 Å². The third-order valence-corrected chi connectivity index (χ3v) is 12.6. The van der Waals surface area contributed by atoms with Crippen molar-refractivity contribution < 1.29 is 28.6 Å². The highest BCUT2D eigenvalue weighted by atomic mass is 16.6. The molecule has 0 bridgehead atoms. The maximum absolute atomic E-state index is 12.9. The molecule has 0 amide bonds. The number of hydrogen-bond acceptors (Lipinski definition) is 6. The second-order valence-electron chi connectivity index (χ2n) is 19.5. The van der Waals surface area contributed by atoms with Crippen LogP contribution in [0.2, 0.25) is 0 Å². The van der Waals surface area contributed by atoms with Crippen molar-refractivity contribution in [1.82, 2.24) is 0 Å². The molecule has 0 heterocycles. The van der Waals surface area contributed by atoms with Crippen molar-refractivity contribution in [2.75, 3.05) is 13.2 Å². The van der Waals surface area contributed by atoms with Gasteiger partial charge in [-0.25, -0.2) is 0 Å². The Hall–Kier alpha value is -3.41. The summed E-state index contributed by atoms with van der Waals surface area (Å²) in [4.78, 5) is 38.2. The topological polar surface area (TPSA) is 78.9 Å². The van der Waals surface area contributed by atoms with Gasteiger partial charge in [0.25, 0.3) is 0 Å². The molecule has 0 rings (SSSR count). The fourth-order valence-corrected chi connectivity index (χ4v) is 8.23. The average molecular weight is 976 g/mol. The van der Waals surface area contributed by atoms with Crippen LogP contribution in [-0.4, -0.2) is 37.2 Å². The van der Waals surface area contributed by atoms with Crippen molar-refractivity contribution in [3.05, 3.63) is 85.1 Å². The molecule has 0 saturated carbocycles. The lowest BCUT2D eigenvalue weighted by molar-refractivity contribution is -0.166. The van der Waals surface area contributed by atoms with E-state index in [9.17, 15) is 14.4 Å². The first-order valence-corrected chi connectivity index (χ1v) is 29.6. The molecule has 0 fully saturated rings. The minimum Gasteiger partial charge on any atom is -0.462 e. The van der Waals surface area contributed by atoms with Crippen LogP contribution in [0.25, 0.3) is 0 Å². The van der Waals surface area contributed by atoms with E-state index in [0.29, 0.717) is 19.3 Å². The number of allylic oxidation sites excluding steroid dienone is 14. The molecule has 0 aromatic heterocycles. The second-order valence-corrected chi connectivity index (χ2v) is 19.5. The summed E-state index contributed by atoms with van der Waals surface area (Å²) in [7, 11) is 0. The maximum Gasteiger partial charge on any atom is 0.306 e. The van der Waals surface area contributed by atoms with E-state index in [1.165, 1.54) is 161 Å². The van der Waals surface area contributed by atoms with E-state index in [-0.39, 0.29) is 37.5 Å². The predicted octanol–water partition coefficient (Wildman–Crippen LogP) is 19.9. The van der Waals surface area contributed by atoms with Gasteiger partial charge < -0.3 is 14.2 Å². The molecule has 0 N–H and O–H groups in total. The van der Waals surface area contributed by atoms with Crippen LogP contribution in [0.3, 0.4) is 0 Å². The zero-order valence-corrected chi connectivity index (χ0v) is 46.0. The molecule has 6 nitrogen and oxygen atoms in total. The van der Waals surface area contributed by atoms with Gasteiger partial charge in [0.1, 0.15) is 13.2 Å². The van der Waals surface area contributed by atoms with E-state index in [2.05, 4.69) is 99.8 Å². The maximum atomic E-state index is 12.9. The van der Waals surface area contributed by atoms with E-state index in [1.54, 1.807) is 0 Å². The summed E-state index contributed by atoms with van der Waals surface area (Å²) in [6.07, 6.45) is 75.9. The predicted molar refractivity (Wildman–Crippen MR) is 302 cm³/mol. The Morgan fingerprint density at radius 1 is 0.300 bits per heavy atom. The van der Waals surface area contributed by atoms with Crippen LogP contribution in [0.4, 0.5) is 0 Å². The summed E-state index contributed by atoms with van der Waals surface area (Å²) in [6.45, 7) is 6.48. The Morgan fingerprint density at radius 2 is 0.586 bits per heavy atom. The average Bonchev–Trinajstić information content (AvgIpc) is 3.36. The summed E-state index contributed by atoms with van der Waals surface area (Å²) in [5.74, 6) is -0.982. The van der Waals surface area contributed by atoms with Gasteiger partial charge in [-0.05, 0) is 83.5 Å². The molecule has 402 valence electrons. The minimum atomic E-state index is -0.808. The molecule has 1 unspecified atom stereocenters. The lowest BCUT2D eigenvalue weighted by atomic mass is 10.0. The van der Waals surface area contributed by atoms with Gasteiger partial charge in [-0.3, -0.25) is 14.4 Å². The molecule has 0 aliphatic carbocycles. The van der Waals surface area contributed by atoms with Crippen molar-refractivity contribution in [3.63, 3.8) is 0 Å². The Bertz CT molecular complexity index is 1350. The van der Waals surface area contributed by atoms with Crippen LogP contribution in [0.1, 0.15) is 284 Å². The van der Waals surface area contributed by atoms with Gasteiger partial charge in [0, 0.05) is 19.3 Å². The fraction of sp³-hybridized carbons (Fsp3) is 0.734. The Kier molecular flexibility index (Phi) is 55.3. The molecule has 70 heavy (non-hydrogen) atoms. The smallest absolute Gasteiger partial charge is 0.306 e. The summed E-state index contributed by atoms with van der Waals surface area (Å²) in [5, 5.41) is 0. The number of rotatable bonds is 53. The zero-order valence-electron chi connectivity index (χ0n) is 46.0. The van der Waals surface area contributed by atoms with Gasteiger partial charge >= 0.3 is 17.9 Å². The summed E-state index contributed by atoms with van der Waals surface area (Å²) >= 11 is 0. The lowest BCUT2D eigenvalue weighted by Gasteiger charge is -2.18. The van der Waals surface area contributed by atoms with Crippen molar-refractivity contribution in [2.24, 2.45) is 0 Å². The summed E-state index contributed by atoms with van der Waals surface area (Å²) in [5.41, 5.74) is 0. The fourth-order valence-electron chi connectivity index (χ4n) is 8.23. The molecule has 0 spiro atoms. The van der Waals surface area contributed by atoms with Gasteiger partial charge in [0.2, 0.25) is 0 Å². The van der Waals surface area contributed by atoms with Crippen molar-refractivity contribution >= 4 is 17.9 Å². The molecule has 0 saturated heterocycles. The Balaban J connectivity index is 4.48. The van der Waals surface area contributed by atoms with Crippen LogP contribution >= 0.6 is 0 Å². The number of esters is 3. The summed E-state index contributed by atoms with van der Waals surface area (Å²) < 4.78 is 16.8. The van der Waals surface area contributed by atoms with Crippen molar-refractivity contribution in [2.45, 2.75) is 290 Å². The van der Waals surface area contributed by atoms with E-state index in [1.807, 2.05) is 6.08 Å². The largest absolute Gasteiger partial charge is 0.462 e. The van der Waals surface area contributed by atoms with E-state index in [0.717, 1.165) is 77.0 Å². The van der Waals surface area contributed by atoms with Gasteiger partial charge in [0.05, 0.1) is 0 Å². The first-order valence-electron chi connectivity index (χ1n) is 29.6. The first kappa shape index (κ1) is 66.6. The highest BCUT2D eigenvalue weighted by molar-refractivity contribution is 5.71. The molecule has 0 aliphatic heterocycles. The van der Waals surface area contributed by atoms with Crippen LogP contribution in [-0.2, 0) is 28.6 Å². The number of carbonyl (C=O) groups excluding carboxylic acids is 3. The molecular formula is C64H110O6. The van der Waals surface area contributed by atoms with Crippen molar-refractivity contribution in [3.8, 4) is 0 Å². The molecule has 1 atom stereocenters. The third-order valence-electron chi connectivity index (χ3n) is 12.6. The number of hydrogen-bond donors (Lipinski definition) is 0. The quantitative estimate of drug-likeness (QED) is 0.0261. The van der Waals surface area contributed by atoms with Gasteiger partial charge in [-0.15, -0.1) is 0 Å². The van der Waals surface area contributed by atoms with Crippen LogP contribution in [0.5, 0.6) is 0 Å². The second kappa shape index (κ2) is 58.2.